The first-order chi connectivity index (χ1) is 12.9. The van der Waals surface area contributed by atoms with Crippen LogP contribution in [-0.2, 0) is 12.7 Å². The van der Waals surface area contributed by atoms with Gasteiger partial charge in [0.05, 0.1) is 17.9 Å². The van der Waals surface area contributed by atoms with Crippen LogP contribution in [0.15, 0.2) is 30.3 Å². The second kappa shape index (κ2) is 6.71. The fourth-order valence-corrected chi connectivity index (χ4v) is 3.28. The molecule has 6 nitrogen and oxygen atoms in total. The molecule has 0 radical (unpaired) electrons. The lowest BCUT2D eigenvalue weighted by Crippen LogP contribution is -2.19. The molecule has 4 rings (SSSR count). The molecular weight excluding hydrogens is 357 g/mol. The molecule has 0 amide bonds. The van der Waals surface area contributed by atoms with Crippen molar-refractivity contribution in [1.82, 2.24) is 19.6 Å². The van der Waals surface area contributed by atoms with E-state index in [1.807, 2.05) is 18.2 Å². The fraction of sp³-hybridized carbons (Fsp3) is 0.389. The quantitative estimate of drug-likeness (QED) is 0.753. The average molecular weight is 376 g/mol. The first-order valence-electron chi connectivity index (χ1n) is 8.80. The van der Waals surface area contributed by atoms with Gasteiger partial charge in [-0.05, 0) is 44.0 Å². The summed E-state index contributed by atoms with van der Waals surface area (Å²) in [6.45, 7) is 3.83. The number of fused-ring (bicyclic) bond motifs is 1. The predicted octanol–water partition coefficient (Wildman–Crippen LogP) is 3.66. The summed E-state index contributed by atoms with van der Waals surface area (Å²) in [7, 11) is 0. The summed E-state index contributed by atoms with van der Waals surface area (Å²) in [6.07, 6.45) is -2.14. The Morgan fingerprint density at radius 1 is 1.07 bits per heavy atom. The van der Waals surface area contributed by atoms with Crippen molar-refractivity contribution in [1.29, 1.82) is 0 Å². The van der Waals surface area contributed by atoms with Gasteiger partial charge in [0, 0.05) is 13.1 Å². The lowest BCUT2D eigenvalue weighted by atomic mass is 10.3. The van der Waals surface area contributed by atoms with E-state index in [1.165, 1.54) is 30.3 Å². The van der Waals surface area contributed by atoms with E-state index in [1.54, 1.807) is 6.07 Å². The molecule has 0 bridgehead atoms. The molecule has 0 unspecified atom stereocenters. The summed E-state index contributed by atoms with van der Waals surface area (Å²) in [6, 6.07) is 9.00. The topological polar surface area (TPSA) is 58.4 Å². The average Bonchev–Trinajstić information content (AvgIpc) is 3.28. The molecule has 1 N–H and O–H groups in total. The molecule has 0 aliphatic carbocycles. The van der Waals surface area contributed by atoms with Gasteiger partial charge < -0.3 is 10.2 Å². The van der Waals surface area contributed by atoms with Gasteiger partial charge in [0.25, 0.3) is 0 Å². The van der Waals surface area contributed by atoms with Crippen LogP contribution in [0, 0.1) is 6.92 Å². The van der Waals surface area contributed by atoms with Gasteiger partial charge in [0.15, 0.2) is 11.3 Å². The lowest BCUT2D eigenvalue weighted by molar-refractivity contribution is -0.141. The van der Waals surface area contributed by atoms with Gasteiger partial charge >= 0.3 is 6.18 Å². The Bertz CT molecular complexity index is 959. The zero-order valence-electron chi connectivity index (χ0n) is 14.8. The third-order valence-electron chi connectivity index (χ3n) is 4.64. The number of pyridine rings is 1. The molecular formula is C18H19F3N6. The molecule has 4 heterocycles. The number of anilines is 2. The predicted molar refractivity (Wildman–Crippen MR) is 95.7 cm³/mol. The Morgan fingerprint density at radius 2 is 1.85 bits per heavy atom. The second-order valence-corrected chi connectivity index (χ2v) is 6.57. The Balaban J connectivity index is 1.52. The number of rotatable bonds is 4. The molecule has 0 saturated carbocycles. The molecule has 142 valence electrons. The zero-order chi connectivity index (χ0) is 19.0. The van der Waals surface area contributed by atoms with Gasteiger partial charge in [0.2, 0.25) is 0 Å². The number of nitrogens with one attached hydrogen (secondary N) is 1. The smallest absolute Gasteiger partial charge is 0.363 e. The van der Waals surface area contributed by atoms with Crippen LogP contribution in [0.5, 0.6) is 0 Å². The maximum Gasteiger partial charge on any atom is 0.435 e. The molecule has 27 heavy (non-hydrogen) atoms. The van der Waals surface area contributed by atoms with Gasteiger partial charge in [-0.25, -0.2) is 14.5 Å². The number of hydrogen-bond acceptors (Lipinski definition) is 5. The molecule has 3 aromatic rings. The number of halogens is 3. The highest BCUT2D eigenvalue weighted by atomic mass is 19.4. The summed E-state index contributed by atoms with van der Waals surface area (Å²) >= 11 is 0. The van der Waals surface area contributed by atoms with Crippen molar-refractivity contribution < 1.29 is 13.2 Å². The van der Waals surface area contributed by atoms with Gasteiger partial charge in [-0.2, -0.15) is 13.2 Å². The molecule has 1 fully saturated rings. The molecule has 0 spiro atoms. The molecule has 0 aromatic carbocycles. The molecule has 3 aromatic heterocycles. The number of aryl methyl sites for hydroxylation is 1. The van der Waals surface area contributed by atoms with Crippen molar-refractivity contribution in [3.05, 3.63) is 47.4 Å². The molecule has 1 aliphatic heterocycles. The van der Waals surface area contributed by atoms with E-state index in [-0.39, 0.29) is 11.3 Å². The van der Waals surface area contributed by atoms with Crippen LogP contribution in [0.2, 0.25) is 0 Å². The van der Waals surface area contributed by atoms with Crippen molar-refractivity contribution >= 4 is 17.3 Å². The molecule has 1 saturated heterocycles. The lowest BCUT2D eigenvalue weighted by Gasteiger charge is -2.17. The second-order valence-electron chi connectivity index (χ2n) is 6.57. The van der Waals surface area contributed by atoms with E-state index in [9.17, 15) is 13.2 Å². The Morgan fingerprint density at radius 3 is 2.59 bits per heavy atom. The minimum absolute atomic E-state index is 0.0321. The van der Waals surface area contributed by atoms with E-state index >= 15 is 0 Å². The highest BCUT2D eigenvalue weighted by molar-refractivity contribution is 5.48. The van der Waals surface area contributed by atoms with Crippen LogP contribution in [0.25, 0.3) is 5.65 Å². The standard InChI is InChI=1S/C18H19F3N6/c1-12-17(18(19,20)21)24-16-8-7-14(25-27(12)16)22-11-13-5-4-6-15(23-13)26-9-2-3-10-26/h4-8H,2-3,9-11H2,1H3,(H,22,25). The van der Waals surface area contributed by atoms with E-state index in [4.69, 9.17) is 0 Å². The zero-order valence-corrected chi connectivity index (χ0v) is 14.8. The molecule has 9 heteroatoms. The maximum atomic E-state index is 13.0. The Labute approximate surface area is 154 Å². The van der Waals surface area contributed by atoms with Gasteiger partial charge in [-0.3, -0.25) is 0 Å². The minimum Gasteiger partial charge on any atom is -0.363 e. The summed E-state index contributed by atoms with van der Waals surface area (Å²) in [4.78, 5) is 10.5. The van der Waals surface area contributed by atoms with Crippen LogP contribution < -0.4 is 10.2 Å². The van der Waals surface area contributed by atoms with Crippen molar-refractivity contribution in [3.63, 3.8) is 0 Å². The van der Waals surface area contributed by atoms with Crippen LogP contribution >= 0.6 is 0 Å². The third kappa shape index (κ3) is 3.54. The Kier molecular flexibility index (Phi) is 4.37. The monoisotopic (exact) mass is 376 g/mol. The van der Waals surface area contributed by atoms with E-state index in [2.05, 4.69) is 25.3 Å². The van der Waals surface area contributed by atoms with Gasteiger partial charge in [-0.1, -0.05) is 6.07 Å². The van der Waals surface area contributed by atoms with Gasteiger partial charge in [0.1, 0.15) is 11.6 Å². The number of aromatic nitrogens is 4. The largest absolute Gasteiger partial charge is 0.435 e. The van der Waals surface area contributed by atoms with Gasteiger partial charge in [-0.15, -0.1) is 5.10 Å². The number of imidazole rings is 1. The normalized spacial score (nSPS) is 14.9. The number of hydrogen-bond donors (Lipinski definition) is 1. The first-order valence-corrected chi connectivity index (χ1v) is 8.80. The van der Waals surface area contributed by atoms with E-state index in [0.717, 1.165) is 24.6 Å². The summed E-state index contributed by atoms with van der Waals surface area (Å²) < 4.78 is 40.2. The van der Waals surface area contributed by atoms with Crippen LogP contribution in [0.1, 0.15) is 29.9 Å². The molecule has 1 aliphatic rings. The van der Waals surface area contributed by atoms with Crippen molar-refractivity contribution in [2.45, 2.75) is 32.5 Å². The minimum atomic E-state index is -4.49. The Hall–Kier alpha value is -2.84. The molecule has 0 atom stereocenters. The highest BCUT2D eigenvalue weighted by Crippen LogP contribution is 2.31. The SMILES string of the molecule is Cc1c(C(F)(F)F)nc2ccc(NCc3cccc(N4CCCC4)n3)nn12. The van der Waals surface area contributed by atoms with Crippen molar-refractivity contribution in [3.8, 4) is 0 Å². The van der Waals surface area contributed by atoms with Crippen LogP contribution in [-0.4, -0.2) is 32.7 Å². The van der Waals surface area contributed by atoms with Crippen LogP contribution in [0.3, 0.4) is 0 Å². The van der Waals surface area contributed by atoms with Crippen molar-refractivity contribution in [2.75, 3.05) is 23.3 Å². The van der Waals surface area contributed by atoms with E-state index in [0.29, 0.717) is 12.4 Å². The van der Waals surface area contributed by atoms with Crippen molar-refractivity contribution in [2.24, 2.45) is 0 Å². The first kappa shape index (κ1) is 17.6. The summed E-state index contributed by atoms with van der Waals surface area (Å²) in [5.41, 5.74) is 0.0709. The third-order valence-corrected chi connectivity index (χ3v) is 4.64. The number of nitrogens with zero attached hydrogens (tertiary/aromatic N) is 5. The van der Waals surface area contributed by atoms with E-state index < -0.39 is 11.9 Å². The fourth-order valence-electron chi connectivity index (χ4n) is 3.28. The number of alkyl halides is 3. The summed E-state index contributed by atoms with van der Waals surface area (Å²) in [5, 5.41) is 7.35. The highest BCUT2D eigenvalue weighted by Gasteiger charge is 2.36. The maximum absolute atomic E-state index is 13.0. The summed E-state index contributed by atoms with van der Waals surface area (Å²) in [5.74, 6) is 1.42. The van der Waals surface area contributed by atoms with Crippen LogP contribution in [0.4, 0.5) is 24.8 Å².